The second-order valence-electron chi connectivity index (χ2n) is 5.29. The molecule has 1 saturated heterocycles. The number of carbonyl (C=O) groups excluding carboxylic acids is 1. The van der Waals surface area contributed by atoms with Gasteiger partial charge in [0, 0.05) is 11.0 Å². The number of aliphatic carboxylic acids is 1. The van der Waals surface area contributed by atoms with Crippen LogP contribution in [0.2, 0.25) is 0 Å². The second kappa shape index (κ2) is 7.04. The topological polar surface area (TPSA) is 66.8 Å². The number of rotatable bonds is 5. The van der Waals surface area contributed by atoms with Crippen LogP contribution in [-0.4, -0.2) is 41.1 Å². The molecule has 1 aliphatic rings. The maximum atomic E-state index is 12.5. The summed E-state index contributed by atoms with van der Waals surface area (Å²) in [5.74, 6) is -1.40. The van der Waals surface area contributed by atoms with E-state index >= 15 is 0 Å². The Morgan fingerprint density at radius 3 is 2.81 bits per heavy atom. The number of ether oxygens (including phenoxy) is 1. The van der Waals surface area contributed by atoms with Gasteiger partial charge in [0.15, 0.2) is 0 Å². The number of hydrogen-bond acceptors (Lipinski definition) is 3. The van der Waals surface area contributed by atoms with Crippen LogP contribution in [0, 0.1) is 5.92 Å². The van der Waals surface area contributed by atoms with Gasteiger partial charge in [-0.1, -0.05) is 28.1 Å². The number of nitrogens with zero attached hydrogens (tertiary/aromatic N) is 1. The van der Waals surface area contributed by atoms with Gasteiger partial charge in [0.05, 0.1) is 18.6 Å². The summed E-state index contributed by atoms with van der Waals surface area (Å²) in [5, 5.41) is 9.03. The zero-order valence-electron chi connectivity index (χ0n) is 11.8. The van der Waals surface area contributed by atoms with Crippen LogP contribution in [0.3, 0.4) is 0 Å². The Hall–Kier alpha value is -1.40. The Balaban J connectivity index is 2.10. The van der Waals surface area contributed by atoms with E-state index < -0.39 is 5.97 Å². The van der Waals surface area contributed by atoms with Crippen molar-refractivity contribution >= 4 is 27.8 Å². The Kier molecular flexibility index (Phi) is 5.36. The van der Waals surface area contributed by atoms with Crippen molar-refractivity contribution in [1.82, 2.24) is 4.90 Å². The third-order valence-corrected chi connectivity index (χ3v) is 3.94. The second-order valence-corrected chi connectivity index (χ2v) is 6.21. The average Bonchev–Trinajstić information content (AvgIpc) is 2.83. The summed E-state index contributed by atoms with van der Waals surface area (Å²) < 4.78 is 6.31. The molecule has 1 amide bonds. The van der Waals surface area contributed by atoms with Crippen molar-refractivity contribution in [2.45, 2.75) is 26.0 Å². The minimum Gasteiger partial charge on any atom is -0.480 e. The van der Waals surface area contributed by atoms with Crippen LogP contribution in [0.15, 0.2) is 28.7 Å². The van der Waals surface area contributed by atoms with Crippen LogP contribution in [0.25, 0.3) is 0 Å². The fourth-order valence-corrected chi connectivity index (χ4v) is 2.92. The summed E-state index contributed by atoms with van der Waals surface area (Å²) in [4.78, 5) is 24.9. The Morgan fingerprint density at radius 1 is 1.48 bits per heavy atom. The first-order valence-electron chi connectivity index (χ1n) is 6.82. The van der Waals surface area contributed by atoms with Gasteiger partial charge in [-0.3, -0.25) is 9.59 Å². The first kappa shape index (κ1) is 16.0. The van der Waals surface area contributed by atoms with Gasteiger partial charge >= 0.3 is 5.97 Å². The first-order valence-corrected chi connectivity index (χ1v) is 7.61. The molecule has 1 aliphatic heterocycles. The standard InChI is InChI=1S/C15H18BrNO4/c1-10-5-12(9-21-10)15(20)17(8-14(18)19)7-11-3-2-4-13(16)6-11/h2-4,6,10,12H,5,7-9H2,1H3,(H,18,19). The minimum atomic E-state index is -1.01. The predicted octanol–water partition coefficient (Wildman–Crippen LogP) is 2.29. The summed E-state index contributed by atoms with van der Waals surface area (Å²) in [6.45, 7) is 2.28. The number of halogens is 1. The van der Waals surface area contributed by atoms with Crippen molar-refractivity contribution in [1.29, 1.82) is 0 Å². The van der Waals surface area contributed by atoms with Crippen LogP contribution in [0.1, 0.15) is 18.9 Å². The average molecular weight is 356 g/mol. The van der Waals surface area contributed by atoms with E-state index in [0.29, 0.717) is 13.0 Å². The van der Waals surface area contributed by atoms with Crippen molar-refractivity contribution in [2.75, 3.05) is 13.2 Å². The van der Waals surface area contributed by atoms with Gasteiger partial charge in [0.2, 0.25) is 5.91 Å². The highest BCUT2D eigenvalue weighted by Gasteiger charge is 2.32. The van der Waals surface area contributed by atoms with E-state index in [1.165, 1.54) is 4.90 Å². The maximum Gasteiger partial charge on any atom is 0.323 e. The van der Waals surface area contributed by atoms with Gasteiger partial charge < -0.3 is 14.7 Å². The third kappa shape index (κ3) is 4.54. The Morgan fingerprint density at radius 2 is 2.24 bits per heavy atom. The summed E-state index contributed by atoms with van der Waals surface area (Å²) in [5.41, 5.74) is 0.894. The smallest absolute Gasteiger partial charge is 0.323 e. The molecule has 2 atom stereocenters. The van der Waals surface area contributed by atoms with Gasteiger partial charge in [-0.25, -0.2) is 0 Å². The zero-order chi connectivity index (χ0) is 15.4. The molecule has 6 heteroatoms. The lowest BCUT2D eigenvalue weighted by molar-refractivity contribution is -0.146. The van der Waals surface area contributed by atoms with Crippen molar-refractivity contribution in [3.8, 4) is 0 Å². The van der Waals surface area contributed by atoms with E-state index in [4.69, 9.17) is 9.84 Å². The molecule has 0 radical (unpaired) electrons. The van der Waals surface area contributed by atoms with Crippen molar-refractivity contribution in [3.05, 3.63) is 34.3 Å². The number of hydrogen-bond donors (Lipinski definition) is 1. The van der Waals surface area contributed by atoms with Crippen LogP contribution in [0.4, 0.5) is 0 Å². The molecule has 2 unspecified atom stereocenters. The van der Waals surface area contributed by atoms with E-state index in [1.54, 1.807) is 0 Å². The van der Waals surface area contributed by atoms with Gasteiger partial charge in [0.1, 0.15) is 6.54 Å². The molecule has 1 heterocycles. The van der Waals surface area contributed by atoms with Crippen molar-refractivity contribution < 1.29 is 19.4 Å². The van der Waals surface area contributed by atoms with E-state index in [9.17, 15) is 9.59 Å². The molecular formula is C15H18BrNO4. The van der Waals surface area contributed by atoms with E-state index in [1.807, 2.05) is 31.2 Å². The summed E-state index contributed by atoms with van der Waals surface area (Å²) in [6, 6.07) is 7.51. The molecule has 1 N–H and O–H groups in total. The van der Waals surface area contributed by atoms with Gasteiger partial charge in [-0.2, -0.15) is 0 Å². The highest BCUT2D eigenvalue weighted by Crippen LogP contribution is 2.22. The first-order chi connectivity index (χ1) is 9.95. The highest BCUT2D eigenvalue weighted by molar-refractivity contribution is 9.10. The number of amides is 1. The van der Waals surface area contributed by atoms with Crippen LogP contribution in [0.5, 0.6) is 0 Å². The molecule has 0 bridgehead atoms. The molecule has 1 fully saturated rings. The molecule has 1 aromatic carbocycles. The third-order valence-electron chi connectivity index (χ3n) is 3.45. The quantitative estimate of drug-likeness (QED) is 0.879. The SMILES string of the molecule is CC1CC(C(=O)N(CC(=O)O)Cc2cccc(Br)c2)CO1. The molecular weight excluding hydrogens is 338 g/mol. The van der Waals surface area contributed by atoms with Crippen LogP contribution >= 0.6 is 15.9 Å². The minimum absolute atomic E-state index is 0.0523. The molecule has 0 aromatic heterocycles. The molecule has 1 aromatic rings. The predicted molar refractivity (Wildman–Crippen MR) is 80.7 cm³/mol. The highest BCUT2D eigenvalue weighted by atomic mass is 79.9. The lowest BCUT2D eigenvalue weighted by Gasteiger charge is -2.23. The van der Waals surface area contributed by atoms with Gasteiger partial charge in [-0.15, -0.1) is 0 Å². The molecule has 0 aliphatic carbocycles. The number of carboxylic acid groups (broad SMARTS) is 1. The summed E-state index contributed by atoms with van der Waals surface area (Å²) in [7, 11) is 0. The number of benzene rings is 1. The maximum absolute atomic E-state index is 12.5. The molecule has 2 rings (SSSR count). The lowest BCUT2D eigenvalue weighted by Crippen LogP contribution is -2.39. The number of carboxylic acids is 1. The molecule has 5 nitrogen and oxygen atoms in total. The molecule has 21 heavy (non-hydrogen) atoms. The molecule has 0 saturated carbocycles. The lowest BCUT2D eigenvalue weighted by atomic mass is 10.0. The van der Waals surface area contributed by atoms with Crippen molar-refractivity contribution in [3.63, 3.8) is 0 Å². The van der Waals surface area contributed by atoms with Crippen LogP contribution < -0.4 is 0 Å². The number of carbonyl (C=O) groups is 2. The normalized spacial score (nSPS) is 21.2. The van der Waals surface area contributed by atoms with Crippen molar-refractivity contribution in [2.24, 2.45) is 5.92 Å². The largest absolute Gasteiger partial charge is 0.480 e. The van der Waals surface area contributed by atoms with E-state index in [-0.39, 0.29) is 31.0 Å². The zero-order valence-corrected chi connectivity index (χ0v) is 13.4. The fraction of sp³-hybridized carbons (Fsp3) is 0.467. The summed E-state index contributed by atoms with van der Waals surface area (Å²) in [6.07, 6.45) is 0.699. The van der Waals surface area contributed by atoms with E-state index in [0.717, 1.165) is 10.0 Å². The van der Waals surface area contributed by atoms with Gasteiger partial charge in [-0.05, 0) is 31.0 Å². The summed E-state index contributed by atoms with van der Waals surface area (Å²) >= 11 is 3.37. The Bertz CT molecular complexity index is 534. The fourth-order valence-electron chi connectivity index (χ4n) is 2.48. The van der Waals surface area contributed by atoms with E-state index in [2.05, 4.69) is 15.9 Å². The monoisotopic (exact) mass is 355 g/mol. The van der Waals surface area contributed by atoms with Gasteiger partial charge in [0.25, 0.3) is 0 Å². The Labute approximate surface area is 132 Å². The van der Waals surface area contributed by atoms with Crippen LogP contribution in [-0.2, 0) is 20.9 Å². The molecule has 114 valence electrons. The molecule has 0 spiro atoms.